The van der Waals surface area contributed by atoms with Gasteiger partial charge in [0.25, 0.3) is 0 Å². The minimum atomic E-state index is -4.41. The van der Waals surface area contributed by atoms with Gasteiger partial charge in [-0.15, -0.1) is 0 Å². The van der Waals surface area contributed by atoms with Gasteiger partial charge >= 0.3 is 6.80 Å². The molecule has 0 N–H and O–H groups in total. The normalized spacial score (nSPS) is 18.4. The number of nitrogens with zero attached hydrogens (tertiary/aromatic N) is 1. The van der Waals surface area contributed by atoms with Crippen LogP contribution in [0.25, 0.3) is 0 Å². The van der Waals surface area contributed by atoms with Crippen molar-refractivity contribution in [3.05, 3.63) is 0 Å². The maximum atomic E-state index is 12.0. The molecule has 8 nitrogen and oxygen atoms in total. The van der Waals surface area contributed by atoms with Crippen molar-refractivity contribution in [2.24, 2.45) is 0 Å². The van der Waals surface area contributed by atoms with Crippen LogP contribution in [0.1, 0.15) is 20.3 Å². The Kier molecular flexibility index (Phi) is 10.4. The molecule has 1 saturated heterocycles. The lowest BCUT2D eigenvalue weighted by molar-refractivity contribution is -0.903. The first kappa shape index (κ1) is 22.3. The van der Waals surface area contributed by atoms with Crippen LogP contribution < -0.4 is 0 Å². The Morgan fingerprint density at radius 1 is 1.27 bits per heavy atom. The minimum absolute atomic E-state index is 0.567. The van der Waals surface area contributed by atoms with Gasteiger partial charge in [0.2, 0.25) is 10.4 Å². The molecule has 1 rings (SSSR count). The zero-order valence-electron chi connectivity index (χ0n) is 13.5. The summed E-state index contributed by atoms with van der Waals surface area (Å²) < 4.78 is 54.5. The maximum Gasteiger partial charge on any atom is 0.389 e. The Bertz CT molecular complexity index is 443. The zero-order chi connectivity index (χ0) is 17.3. The highest BCUT2D eigenvalue weighted by Crippen LogP contribution is 2.62. The molecule has 0 radical (unpaired) electrons. The standard InChI is InChI=1S/C10H23NO3PS.CH4O4S/c1-4-11(3,5-2)7-10-16-15(12)13-8-6-9-14-15;1-5-6(2,3)4/h4-10H2,1-3H3;1H3,(H,2,3,4)/q+1;/p-1. The van der Waals surface area contributed by atoms with Crippen molar-refractivity contribution in [1.29, 1.82) is 0 Å². The minimum Gasteiger partial charge on any atom is -0.726 e. The first-order valence-corrected chi connectivity index (χ1v) is 11.4. The van der Waals surface area contributed by atoms with E-state index >= 15 is 0 Å². The Morgan fingerprint density at radius 2 is 1.73 bits per heavy atom. The van der Waals surface area contributed by atoms with Crippen molar-refractivity contribution in [2.75, 3.05) is 52.8 Å². The third-order valence-corrected chi connectivity index (χ3v) is 7.62. The number of rotatable bonds is 7. The molecule has 0 amide bonds. The Morgan fingerprint density at radius 3 is 2.09 bits per heavy atom. The summed E-state index contributed by atoms with van der Waals surface area (Å²) in [6.45, 7) is 5.90. The van der Waals surface area contributed by atoms with E-state index in [-0.39, 0.29) is 0 Å². The highest BCUT2D eigenvalue weighted by atomic mass is 32.7. The van der Waals surface area contributed by atoms with E-state index < -0.39 is 17.2 Å². The summed E-state index contributed by atoms with van der Waals surface area (Å²) in [7, 11) is -1.38. The van der Waals surface area contributed by atoms with Gasteiger partial charge < -0.3 is 18.1 Å². The highest BCUT2D eigenvalue weighted by molar-refractivity contribution is 8.55. The molecule has 0 unspecified atom stereocenters. The zero-order valence-corrected chi connectivity index (χ0v) is 16.0. The van der Waals surface area contributed by atoms with Gasteiger partial charge in [-0.05, 0) is 31.7 Å². The van der Waals surface area contributed by atoms with Crippen LogP contribution in [0.15, 0.2) is 0 Å². The van der Waals surface area contributed by atoms with Gasteiger partial charge in [0.1, 0.15) is 0 Å². The van der Waals surface area contributed by atoms with E-state index in [1.807, 2.05) is 0 Å². The van der Waals surface area contributed by atoms with E-state index in [0.717, 1.165) is 43.4 Å². The average Bonchev–Trinajstić information content (AvgIpc) is 2.47. The van der Waals surface area contributed by atoms with Gasteiger partial charge in [0.15, 0.2) is 0 Å². The Balaban J connectivity index is 0.000000626. The van der Waals surface area contributed by atoms with Gasteiger partial charge in [-0.1, -0.05) is 0 Å². The molecule has 11 heteroatoms. The number of hydrogen-bond acceptors (Lipinski definition) is 8. The molecule has 1 fully saturated rings. The fourth-order valence-corrected chi connectivity index (χ4v) is 4.92. The summed E-state index contributed by atoms with van der Waals surface area (Å²) in [5.74, 6) is 0.829. The number of quaternary nitrogens is 1. The molecule has 134 valence electrons. The van der Waals surface area contributed by atoms with Crippen molar-refractivity contribution < 1.29 is 35.2 Å². The molecule has 0 bridgehead atoms. The predicted molar refractivity (Wildman–Crippen MR) is 85.4 cm³/mol. The van der Waals surface area contributed by atoms with Crippen LogP contribution in [-0.2, 0) is 28.2 Å². The van der Waals surface area contributed by atoms with Crippen LogP contribution in [0.3, 0.4) is 0 Å². The molecule has 1 aliphatic rings. The Labute approximate surface area is 137 Å². The van der Waals surface area contributed by atoms with Crippen LogP contribution in [-0.4, -0.2) is 70.2 Å². The van der Waals surface area contributed by atoms with E-state index in [2.05, 4.69) is 25.1 Å². The third kappa shape index (κ3) is 10.2. The lowest BCUT2D eigenvalue weighted by Crippen LogP contribution is -2.45. The van der Waals surface area contributed by atoms with E-state index in [1.165, 1.54) is 11.4 Å². The van der Waals surface area contributed by atoms with Gasteiger partial charge in [-0.3, -0.25) is 4.18 Å². The van der Waals surface area contributed by atoms with E-state index in [0.29, 0.717) is 13.2 Å². The van der Waals surface area contributed by atoms with Gasteiger partial charge in [-0.25, -0.2) is 13.0 Å². The van der Waals surface area contributed by atoms with E-state index in [1.54, 1.807) is 0 Å². The molecule has 0 aliphatic carbocycles. The molecule has 22 heavy (non-hydrogen) atoms. The summed E-state index contributed by atoms with van der Waals surface area (Å²) >= 11 is 1.35. The maximum absolute atomic E-state index is 12.0. The molecule has 0 atom stereocenters. The molecular formula is C11H26NO7PS2. The molecule has 1 aliphatic heterocycles. The quantitative estimate of drug-likeness (QED) is 0.286. The van der Waals surface area contributed by atoms with Crippen LogP contribution in [0, 0.1) is 0 Å². The van der Waals surface area contributed by atoms with Gasteiger partial charge in [-0.2, -0.15) is 0 Å². The van der Waals surface area contributed by atoms with Crippen molar-refractivity contribution in [3.63, 3.8) is 0 Å². The van der Waals surface area contributed by atoms with Crippen LogP contribution >= 0.6 is 18.2 Å². The molecule has 0 aromatic heterocycles. The summed E-state index contributed by atoms with van der Waals surface area (Å²) in [5, 5.41) is 0. The molecule has 0 spiro atoms. The van der Waals surface area contributed by atoms with Crippen molar-refractivity contribution in [1.82, 2.24) is 0 Å². The Hall–Kier alpha value is 0.330. The van der Waals surface area contributed by atoms with E-state index in [9.17, 15) is 17.5 Å². The van der Waals surface area contributed by atoms with E-state index in [4.69, 9.17) is 9.05 Å². The first-order valence-electron chi connectivity index (χ1n) is 6.98. The van der Waals surface area contributed by atoms with Gasteiger partial charge in [0.05, 0.1) is 52.8 Å². The average molecular weight is 379 g/mol. The molecule has 0 aromatic rings. The second-order valence-corrected chi connectivity index (χ2v) is 10.2. The largest absolute Gasteiger partial charge is 0.726 e. The van der Waals surface area contributed by atoms with Crippen LogP contribution in [0.4, 0.5) is 0 Å². The fourth-order valence-electron chi connectivity index (χ4n) is 1.44. The smallest absolute Gasteiger partial charge is 0.389 e. The molecule has 0 saturated carbocycles. The lowest BCUT2D eigenvalue weighted by Gasteiger charge is -2.32. The van der Waals surface area contributed by atoms with Crippen LogP contribution in [0.2, 0.25) is 0 Å². The summed E-state index contributed by atoms with van der Waals surface area (Å²) in [6, 6.07) is 0. The second kappa shape index (κ2) is 10.2. The summed E-state index contributed by atoms with van der Waals surface area (Å²) in [4.78, 5) is 0. The number of hydrogen-bond donors (Lipinski definition) is 0. The van der Waals surface area contributed by atoms with Crippen molar-refractivity contribution in [2.45, 2.75) is 20.3 Å². The second-order valence-electron chi connectivity index (χ2n) is 4.85. The third-order valence-electron chi connectivity index (χ3n) is 3.40. The van der Waals surface area contributed by atoms with Crippen molar-refractivity contribution in [3.8, 4) is 0 Å². The SMILES string of the molecule is CC[N+](C)(CC)CCSP1(=O)OCCCO1.COS(=O)(=O)[O-]. The van der Waals surface area contributed by atoms with Crippen molar-refractivity contribution >= 4 is 28.6 Å². The lowest BCUT2D eigenvalue weighted by atomic mass is 10.4. The molecular weight excluding hydrogens is 353 g/mol. The molecule has 1 heterocycles. The van der Waals surface area contributed by atoms with Gasteiger partial charge in [0, 0.05) is 0 Å². The summed E-state index contributed by atoms with van der Waals surface area (Å²) in [6.07, 6.45) is 0.849. The molecule has 0 aromatic carbocycles. The predicted octanol–water partition coefficient (Wildman–Crippen LogP) is 1.84. The summed E-state index contributed by atoms with van der Waals surface area (Å²) in [5.41, 5.74) is 0. The van der Waals surface area contributed by atoms with Crippen LogP contribution in [0.5, 0.6) is 0 Å². The first-order chi connectivity index (χ1) is 10.1. The fraction of sp³-hybridized carbons (Fsp3) is 1.00. The highest BCUT2D eigenvalue weighted by Gasteiger charge is 2.30. The topological polar surface area (TPSA) is 102 Å². The monoisotopic (exact) mass is 379 g/mol.